The van der Waals surface area contributed by atoms with Crippen molar-refractivity contribution in [2.45, 2.75) is 6.92 Å². The van der Waals surface area contributed by atoms with E-state index in [0.29, 0.717) is 24.5 Å². The van der Waals surface area contributed by atoms with Gasteiger partial charge in [-0.15, -0.1) is 0 Å². The summed E-state index contributed by atoms with van der Waals surface area (Å²) in [7, 11) is 0. The smallest absolute Gasteiger partial charge is 0.255 e. The lowest BCUT2D eigenvalue weighted by Crippen LogP contribution is -2.36. The number of carbonyl (C=O) groups is 1. The Morgan fingerprint density at radius 3 is 2.65 bits per heavy atom. The van der Waals surface area contributed by atoms with Crippen molar-refractivity contribution in [3.05, 3.63) is 53.6 Å². The van der Waals surface area contributed by atoms with Crippen LogP contribution in [0.1, 0.15) is 15.9 Å². The minimum Gasteiger partial charge on any atom is -0.399 e. The molecule has 1 amide bonds. The maximum Gasteiger partial charge on any atom is 0.255 e. The number of nitrogens with two attached hydrogens (primary N) is 1. The van der Waals surface area contributed by atoms with Crippen molar-refractivity contribution in [1.82, 2.24) is 0 Å². The maximum atomic E-state index is 12.5. The summed E-state index contributed by atoms with van der Waals surface area (Å²) in [6.07, 6.45) is 0. The second kappa shape index (κ2) is 6.71. The Balaban J connectivity index is 1.82. The van der Waals surface area contributed by atoms with Gasteiger partial charge in [0.05, 0.1) is 24.6 Å². The van der Waals surface area contributed by atoms with Crippen LogP contribution in [0.25, 0.3) is 0 Å². The number of morpholine rings is 1. The van der Waals surface area contributed by atoms with Gasteiger partial charge >= 0.3 is 0 Å². The number of hydrogen-bond acceptors (Lipinski definition) is 4. The van der Waals surface area contributed by atoms with Crippen LogP contribution in [0.15, 0.2) is 42.5 Å². The van der Waals surface area contributed by atoms with Crippen molar-refractivity contribution < 1.29 is 9.53 Å². The predicted molar refractivity (Wildman–Crippen MR) is 93.0 cm³/mol. The average molecular weight is 311 g/mol. The van der Waals surface area contributed by atoms with Gasteiger partial charge in [0.25, 0.3) is 5.91 Å². The standard InChI is InChI=1S/C18H21N3O2/c1-13-12-14(6-7-15(13)19)18(22)20-16-4-2-3-5-17(16)21-8-10-23-11-9-21/h2-7,12H,8-11,19H2,1H3,(H,20,22). The monoisotopic (exact) mass is 311 g/mol. The van der Waals surface area contributed by atoms with Crippen molar-refractivity contribution in [3.8, 4) is 0 Å². The summed E-state index contributed by atoms with van der Waals surface area (Å²) in [5.41, 5.74) is 9.85. The lowest BCUT2D eigenvalue weighted by molar-refractivity contribution is 0.102. The number of hydrogen-bond donors (Lipinski definition) is 2. The molecule has 2 aromatic carbocycles. The highest BCUT2D eigenvalue weighted by Gasteiger charge is 2.16. The SMILES string of the molecule is Cc1cc(C(=O)Nc2ccccc2N2CCOCC2)ccc1N. The van der Waals surface area contributed by atoms with E-state index >= 15 is 0 Å². The Hall–Kier alpha value is -2.53. The predicted octanol–water partition coefficient (Wildman–Crippen LogP) is 2.67. The fraction of sp³-hybridized carbons (Fsp3) is 0.278. The Morgan fingerprint density at radius 1 is 1.17 bits per heavy atom. The van der Waals surface area contributed by atoms with Crippen LogP contribution in [-0.4, -0.2) is 32.2 Å². The van der Waals surface area contributed by atoms with Gasteiger partial charge in [0.1, 0.15) is 0 Å². The quantitative estimate of drug-likeness (QED) is 0.855. The number of benzene rings is 2. The van der Waals surface area contributed by atoms with E-state index in [1.807, 2.05) is 37.3 Å². The van der Waals surface area contributed by atoms with E-state index in [1.54, 1.807) is 12.1 Å². The molecule has 2 aromatic rings. The minimum atomic E-state index is -0.131. The van der Waals surface area contributed by atoms with Gasteiger partial charge in [-0.3, -0.25) is 4.79 Å². The summed E-state index contributed by atoms with van der Waals surface area (Å²) in [5, 5.41) is 3.01. The van der Waals surface area contributed by atoms with Crippen LogP contribution >= 0.6 is 0 Å². The van der Waals surface area contributed by atoms with E-state index in [2.05, 4.69) is 10.2 Å². The van der Waals surface area contributed by atoms with Crippen molar-refractivity contribution in [3.63, 3.8) is 0 Å². The number of rotatable bonds is 3. The van der Waals surface area contributed by atoms with Crippen molar-refractivity contribution in [1.29, 1.82) is 0 Å². The molecule has 0 spiro atoms. The first-order valence-electron chi connectivity index (χ1n) is 7.74. The number of ether oxygens (including phenoxy) is 1. The van der Waals surface area contributed by atoms with Crippen LogP contribution in [0.2, 0.25) is 0 Å². The summed E-state index contributed by atoms with van der Waals surface area (Å²) in [6.45, 7) is 4.97. The lowest BCUT2D eigenvalue weighted by Gasteiger charge is -2.30. The van der Waals surface area contributed by atoms with E-state index in [-0.39, 0.29) is 5.91 Å². The molecule has 1 fully saturated rings. The summed E-state index contributed by atoms with van der Waals surface area (Å²) >= 11 is 0. The highest BCUT2D eigenvalue weighted by atomic mass is 16.5. The molecule has 1 saturated heterocycles. The Bertz CT molecular complexity index is 709. The zero-order valence-electron chi connectivity index (χ0n) is 13.2. The summed E-state index contributed by atoms with van der Waals surface area (Å²) < 4.78 is 5.39. The Morgan fingerprint density at radius 2 is 1.91 bits per heavy atom. The molecule has 0 unspecified atom stereocenters. The van der Waals surface area contributed by atoms with Gasteiger partial charge in [0.2, 0.25) is 0 Å². The van der Waals surface area contributed by atoms with Crippen LogP contribution in [0, 0.1) is 6.92 Å². The van der Waals surface area contributed by atoms with E-state index < -0.39 is 0 Å². The fourth-order valence-electron chi connectivity index (χ4n) is 2.67. The molecular formula is C18H21N3O2. The number of anilines is 3. The van der Waals surface area contributed by atoms with Crippen molar-refractivity contribution >= 4 is 23.0 Å². The molecule has 0 bridgehead atoms. The zero-order valence-corrected chi connectivity index (χ0v) is 13.2. The number of carbonyl (C=O) groups excluding carboxylic acids is 1. The fourth-order valence-corrected chi connectivity index (χ4v) is 2.67. The molecule has 0 atom stereocenters. The number of nitrogen functional groups attached to an aromatic ring is 1. The number of aryl methyl sites for hydroxylation is 1. The van der Waals surface area contributed by atoms with Gasteiger partial charge in [0, 0.05) is 24.3 Å². The molecule has 3 rings (SSSR count). The molecule has 1 heterocycles. The third-order valence-electron chi connectivity index (χ3n) is 4.04. The Labute approximate surface area is 136 Å². The highest BCUT2D eigenvalue weighted by Crippen LogP contribution is 2.27. The Kier molecular flexibility index (Phi) is 4.48. The molecule has 0 radical (unpaired) electrons. The summed E-state index contributed by atoms with van der Waals surface area (Å²) in [4.78, 5) is 14.7. The van der Waals surface area contributed by atoms with Crippen LogP contribution in [0.5, 0.6) is 0 Å². The van der Waals surface area contributed by atoms with Gasteiger partial charge in [-0.1, -0.05) is 12.1 Å². The molecule has 0 aromatic heterocycles. The molecule has 1 aliphatic heterocycles. The van der Waals surface area contributed by atoms with Crippen LogP contribution in [0.4, 0.5) is 17.1 Å². The molecular weight excluding hydrogens is 290 g/mol. The molecule has 0 aliphatic carbocycles. The molecule has 0 saturated carbocycles. The normalized spacial score (nSPS) is 14.6. The van der Waals surface area contributed by atoms with Gasteiger partial charge in [0.15, 0.2) is 0 Å². The molecule has 3 N–H and O–H groups in total. The summed E-state index contributed by atoms with van der Waals surface area (Å²) in [6, 6.07) is 13.2. The second-order valence-corrected chi connectivity index (χ2v) is 5.64. The third-order valence-corrected chi connectivity index (χ3v) is 4.04. The molecule has 23 heavy (non-hydrogen) atoms. The maximum absolute atomic E-state index is 12.5. The van der Waals surface area contributed by atoms with E-state index in [9.17, 15) is 4.79 Å². The van der Waals surface area contributed by atoms with Gasteiger partial charge in [-0.05, 0) is 42.8 Å². The number of amides is 1. The third kappa shape index (κ3) is 3.46. The molecule has 1 aliphatic rings. The molecule has 120 valence electrons. The summed E-state index contributed by atoms with van der Waals surface area (Å²) in [5.74, 6) is -0.131. The van der Waals surface area contributed by atoms with E-state index in [4.69, 9.17) is 10.5 Å². The molecule has 5 nitrogen and oxygen atoms in total. The zero-order chi connectivity index (χ0) is 16.2. The van der Waals surface area contributed by atoms with Gasteiger partial charge < -0.3 is 20.7 Å². The van der Waals surface area contributed by atoms with Crippen molar-refractivity contribution in [2.75, 3.05) is 42.3 Å². The van der Waals surface area contributed by atoms with E-state index in [0.717, 1.165) is 30.0 Å². The first-order valence-corrected chi connectivity index (χ1v) is 7.74. The van der Waals surface area contributed by atoms with Gasteiger partial charge in [-0.2, -0.15) is 0 Å². The topological polar surface area (TPSA) is 67.6 Å². The van der Waals surface area contributed by atoms with Gasteiger partial charge in [-0.25, -0.2) is 0 Å². The largest absolute Gasteiger partial charge is 0.399 e. The average Bonchev–Trinajstić information content (AvgIpc) is 2.58. The number of nitrogens with one attached hydrogen (secondary N) is 1. The lowest BCUT2D eigenvalue weighted by atomic mass is 10.1. The van der Waals surface area contributed by atoms with Crippen molar-refractivity contribution in [2.24, 2.45) is 0 Å². The second-order valence-electron chi connectivity index (χ2n) is 5.64. The van der Waals surface area contributed by atoms with Crippen LogP contribution in [0.3, 0.4) is 0 Å². The van der Waals surface area contributed by atoms with Crippen LogP contribution < -0.4 is 16.0 Å². The number of para-hydroxylation sites is 2. The molecule has 5 heteroatoms. The van der Waals surface area contributed by atoms with E-state index in [1.165, 1.54) is 0 Å². The number of nitrogens with zero attached hydrogens (tertiary/aromatic N) is 1. The highest BCUT2D eigenvalue weighted by molar-refractivity contribution is 6.06. The minimum absolute atomic E-state index is 0.131. The first kappa shape index (κ1) is 15.4. The van der Waals surface area contributed by atoms with Crippen LogP contribution in [-0.2, 0) is 4.74 Å². The first-order chi connectivity index (χ1) is 11.1.